The molecule has 0 aromatic rings. The van der Waals surface area contributed by atoms with Gasteiger partial charge in [-0.2, -0.15) is 0 Å². The van der Waals surface area contributed by atoms with Gasteiger partial charge in [-0.1, -0.05) is 90.0 Å². The van der Waals surface area contributed by atoms with Gasteiger partial charge in [-0.3, -0.25) is 0 Å². The summed E-state index contributed by atoms with van der Waals surface area (Å²) in [5.74, 6) is 0. The van der Waals surface area contributed by atoms with E-state index in [1.165, 1.54) is 83.1 Å². The lowest BCUT2D eigenvalue weighted by molar-refractivity contribution is 0.350. The predicted molar refractivity (Wildman–Crippen MR) is 99.5 cm³/mol. The summed E-state index contributed by atoms with van der Waals surface area (Å²) in [7, 11) is -1.39. The van der Waals surface area contributed by atoms with Crippen LogP contribution in [-0.2, 0) is 4.43 Å². The van der Waals surface area contributed by atoms with Crippen molar-refractivity contribution in [2.75, 3.05) is 6.61 Å². The topological polar surface area (TPSA) is 9.23 Å². The average Bonchev–Trinajstić information content (AvgIpc) is 2.46. The highest BCUT2D eigenvalue weighted by molar-refractivity contribution is 6.71. The van der Waals surface area contributed by atoms with E-state index in [1.807, 2.05) is 6.08 Å². The summed E-state index contributed by atoms with van der Waals surface area (Å²) in [6, 6.07) is 1.30. The third-order valence-electron chi connectivity index (χ3n) is 4.22. The van der Waals surface area contributed by atoms with Crippen molar-refractivity contribution in [3.63, 3.8) is 0 Å². The Hall–Kier alpha value is -0.0831. The lowest BCUT2D eigenvalue weighted by atomic mass is 10.1. The molecule has 0 unspecified atom stereocenters. The molecule has 2 heteroatoms. The molecule has 0 fully saturated rings. The first-order valence-corrected chi connectivity index (χ1v) is 12.5. The van der Waals surface area contributed by atoms with Gasteiger partial charge in [-0.25, -0.2) is 0 Å². The van der Waals surface area contributed by atoms with Gasteiger partial charge in [0.2, 0.25) is 0 Å². The van der Waals surface area contributed by atoms with E-state index in [2.05, 4.69) is 26.6 Å². The van der Waals surface area contributed by atoms with Crippen LogP contribution >= 0.6 is 0 Å². The van der Waals surface area contributed by atoms with E-state index in [9.17, 15) is 0 Å². The minimum Gasteiger partial charge on any atom is -0.414 e. The largest absolute Gasteiger partial charge is 0.414 e. The van der Waals surface area contributed by atoms with Crippen molar-refractivity contribution in [1.82, 2.24) is 0 Å². The second kappa shape index (κ2) is 14.8. The van der Waals surface area contributed by atoms with Crippen LogP contribution in [0.1, 0.15) is 84.0 Å². The number of unbranched alkanes of at least 4 members (excludes halogenated alkanes) is 11. The van der Waals surface area contributed by atoms with E-state index in [-0.39, 0.29) is 0 Å². The van der Waals surface area contributed by atoms with Gasteiger partial charge in [-0.05, 0) is 19.1 Å². The van der Waals surface area contributed by atoms with Crippen LogP contribution in [0.25, 0.3) is 0 Å². The molecule has 0 aliphatic heterocycles. The zero-order chi connectivity index (χ0) is 15.8. The number of rotatable bonds is 16. The molecule has 0 amide bonds. The molecule has 1 nitrogen and oxygen atoms in total. The predicted octanol–water partition coefficient (Wildman–Crippen LogP) is 7.10. The molecule has 0 aliphatic carbocycles. The molecule has 0 heterocycles. The van der Waals surface area contributed by atoms with Gasteiger partial charge in [-0.15, -0.1) is 6.58 Å². The maximum Gasteiger partial charge on any atom is 0.187 e. The minimum atomic E-state index is -1.39. The molecule has 0 atom stereocenters. The SMILES string of the molecule is C=CCO[Si](C)(C)CCCCCCCCCCCCCC. The first-order valence-electron chi connectivity index (χ1n) is 9.37. The fourth-order valence-electron chi connectivity index (χ4n) is 2.75. The summed E-state index contributed by atoms with van der Waals surface area (Å²) in [6.45, 7) is 11.4. The van der Waals surface area contributed by atoms with E-state index < -0.39 is 8.32 Å². The van der Waals surface area contributed by atoms with Gasteiger partial charge in [0.15, 0.2) is 8.32 Å². The van der Waals surface area contributed by atoms with Crippen molar-refractivity contribution in [2.24, 2.45) is 0 Å². The van der Waals surface area contributed by atoms with Gasteiger partial charge in [0.1, 0.15) is 0 Å². The lowest BCUT2D eigenvalue weighted by Gasteiger charge is -2.21. The fourth-order valence-corrected chi connectivity index (χ4v) is 4.56. The molecule has 0 aromatic carbocycles. The molecule has 0 aliphatic rings. The Bertz CT molecular complexity index is 226. The second-order valence-corrected chi connectivity index (χ2v) is 11.3. The van der Waals surface area contributed by atoms with E-state index in [0.717, 1.165) is 6.61 Å². The Balaban J connectivity index is 3.20. The van der Waals surface area contributed by atoms with Crippen molar-refractivity contribution < 1.29 is 4.43 Å². The lowest BCUT2D eigenvalue weighted by Crippen LogP contribution is -2.30. The third-order valence-corrected chi connectivity index (χ3v) is 6.73. The standard InChI is InChI=1S/C19H40OSi/c1-5-7-8-9-10-11-12-13-14-15-16-17-19-21(3,4)20-18-6-2/h6H,2,5,7-19H2,1,3-4H3. The first-order chi connectivity index (χ1) is 10.1. The maximum atomic E-state index is 5.90. The smallest absolute Gasteiger partial charge is 0.187 e. The Morgan fingerprint density at radius 3 is 1.62 bits per heavy atom. The summed E-state index contributed by atoms with van der Waals surface area (Å²) < 4.78 is 5.90. The van der Waals surface area contributed by atoms with Crippen LogP contribution < -0.4 is 0 Å². The molecule has 0 aromatic heterocycles. The third kappa shape index (κ3) is 16.1. The Morgan fingerprint density at radius 2 is 1.19 bits per heavy atom. The second-order valence-electron chi connectivity index (χ2n) is 7.00. The molecule has 0 bridgehead atoms. The van der Waals surface area contributed by atoms with Crippen LogP contribution in [-0.4, -0.2) is 14.9 Å². The van der Waals surface area contributed by atoms with Crippen molar-refractivity contribution in [1.29, 1.82) is 0 Å². The summed E-state index contributed by atoms with van der Waals surface area (Å²) in [5, 5.41) is 0. The van der Waals surface area contributed by atoms with Crippen LogP contribution in [0.2, 0.25) is 19.1 Å². The van der Waals surface area contributed by atoms with Gasteiger partial charge in [0.05, 0.1) is 6.61 Å². The van der Waals surface area contributed by atoms with Crippen molar-refractivity contribution in [3.05, 3.63) is 12.7 Å². The highest BCUT2D eigenvalue weighted by Crippen LogP contribution is 2.18. The normalized spacial score (nSPS) is 11.8. The molecular weight excluding hydrogens is 272 g/mol. The molecule has 0 radical (unpaired) electrons. The first kappa shape index (κ1) is 20.9. The maximum absolute atomic E-state index is 5.90. The molecule has 0 N–H and O–H groups in total. The van der Waals surface area contributed by atoms with Crippen molar-refractivity contribution in [2.45, 2.75) is 103 Å². The summed E-state index contributed by atoms with van der Waals surface area (Å²) in [4.78, 5) is 0. The van der Waals surface area contributed by atoms with Crippen LogP contribution in [0.5, 0.6) is 0 Å². The summed E-state index contributed by atoms with van der Waals surface area (Å²) in [6.07, 6.45) is 19.0. The minimum absolute atomic E-state index is 0.734. The molecule has 0 saturated carbocycles. The van der Waals surface area contributed by atoms with Crippen LogP contribution in [0.4, 0.5) is 0 Å². The zero-order valence-electron chi connectivity index (χ0n) is 15.1. The van der Waals surface area contributed by atoms with Crippen LogP contribution in [0.3, 0.4) is 0 Å². The Kier molecular flexibility index (Phi) is 14.8. The zero-order valence-corrected chi connectivity index (χ0v) is 16.1. The molecule has 126 valence electrons. The summed E-state index contributed by atoms with van der Waals surface area (Å²) in [5.41, 5.74) is 0. The fraction of sp³-hybridized carbons (Fsp3) is 0.895. The number of hydrogen-bond acceptors (Lipinski definition) is 1. The van der Waals surface area contributed by atoms with E-state index >= 15 is 0 Å². The number of hydrogen-bond donors (Lipinski definition) is 0. The van der Waals surface area contributed by atoms with Gasteiger partial charge in [0.25, 0.3) is 0 Å². The van der Waals surface area contributed by atoms with Crippen molar-refractivity contribution in [3.8, 4) is 0 Å². The quantitative estimate of drug-likeness (QED) is 0.168. The molecule has 21 heavy (non-hydrogen) atoms. The van der Waals surface area contributed by atoms with Gasteiger partial charge < -0.3 is 4.43 Å². The molecular formula is C19H40OSi. The monoisotopic (exact) mass is 312 g/mol. The molecule has 0 spiro atoms. The van der Waals surface area contributed by atoms with E-state index in [0.29, 0.717) is 0 Å². The Morgan fingerprint density at radius 1 is 0.762 bits per heavy atom. The average molecular weight is 313 g/mol. The highest BCUT2D eigenvalue weighted by Gasteiger charge is 2.20. The molecule has 0 saturated heterocycles. The van der Waals surface area contributed by atoms with Crippen LogP contribution in [0, 0.1) is 0 Å². The summed E-state index contributed by atoms with van der Waals surface area (Å²) >= 11 is 0. The van der Waals surface area contributed by atoms with E-state index in [1.54, 1.807) is 0 Å². The van der Waals surface area contributed by atoms with Gasteiger partial charge >= 0.3 is 0 Å². The van der Waals surface area contributed by atoms with Crippen molar-refractivity contribution >= 4 is 8.32 Å². The molecule has 0 rings (SSSR count). The van der Waals surface area contributed by atoms with E-state index in [4.69, 9.17) is 4.43 Å². The van der Waals surface area contributed by atoms with Crippen LogP contribution in [0.15, 0.2) is 12.7 Å². The highest BCUT2D eigenvalue weighted by atomic mass is 28.4. The Labute approximate surface area is 135 Å². The van der Waals surface area contributed by atoms with Gasteiger partial charge in [0, 0.05) is 0 Å².